The third kappa shape index (κ3) is 4.05. The summed E-state index contributed by atoms with van der Waals surface area (Å²) >= 11 is 7.34. The summed E-state index contributed by atoms with van der Waals surface area (Å²) < 4.78 is 24.1. The van der Waals surface area contributed by atoms with Crippen LogP contribution in [0.5, 0.6) is 0 Å². The molecule has 0 aromatic heterocycles. The number of amidine groups is 1. The van der Waals surface area contributed by atoms with E-state index in [2.05, 4.69) is 4.99 Å². The monoisotopic (exact) mass is 420 g/mol. The molecule has 2 atom stereocenters. The third-order valence-corrected chi connectivity index (χ3v) is 8.16. The largest absolute Gasteiger partial charge is 0.342 e. The van der Waals surface area contributed by atoms with Crippen LogP contribution in [0.15, 0.2) is 59.6 Å². The van der Waals surface area contributed by atoms with Crippen molar-refractivity contribution in [2.75, 3.05) is 11.5 Å². The van der Waals surface area contributed by atoms with Gasteiger partial charge >= 0.3 is 0 Å². The average Bonchev–Trinajstić information content (AvgIpc) is 3.10. The van der Waals surface area contributed by atoms with Crippen LogP contribution in [-0.4, -0.2) is 47.2 Å². The van der Waals surface area contributed by atoms with Gasteiger partial charge in [0.1, 0.15) is 0 Å². The number of nitrogens with zero attached hydrogens (tertiary/aromatic N) is 2. The summed E-state index contributed by atoms with van der Waals surface area (Å²) in [5.74, 6) is -0.100. The van der Waals surface area contributed by atoms with Crippen LogP contribution in [0.2, 0.25) is 5.02 Å². The Hall–Kier alpha value is -1.83. The van der Waals surface area contributed by atoms with E-state index in [1.54, 1.807) is 36.4 Å². The smallest absolute Gasteiger partial charge is 0.279 e. The van der Waals surface area contributed by atoms with E-state index >= 15 is 0 Å². The number of carbonyl (C=O) groups excluding carboxylic acids is 1. The van der Waals surface area contributed by atoms with Crippen molar-refractivity contribution in [2.45, 2.75) is 17.8 Å². The van der Waals surface area contributed by atoms with Crippen LogP contribution in [0.25, 0.3) is 0 Å². The molecule has 1 amide bonds. The molecule has 0 aliphatic carbocycles. The first-order valence-electron chi connectivity index (χ1n) is 8.47. The number of carbonyl (C=O) groups is 1. The maximum Gasteiger partial charge on any atom is 0.279 e. The maximum absolute atomic E-state index is 12.5. The van der Waals surface area contributed by atoms with Crippen molar-refractivity contribution >= 4 is 44.3 Å². The zero-order valence-electron chi connectivity index (χ0n) is 14.3. The van der Waals surface area contributed by atoms with E-state index in [1.807, 2.05) is 23.1 Å². The number of benzene rings is 2. The lowest BCUT2D eigenvalue weighted by Gasteiger charge is -2.24. The van der Waals surface area contributed by atoms with Gasteiger partial charge in [0.05, 0.1) is 17.5 Å². The molecule has 2 aliphatic heterocycles. The minimum Gasteiger partial charge on any atom is -0.342 e. The van der Waals surface area contributed by atoms with E-state index < -0.39 is 9.84 Å². The van der Waals surface area contributed by atoms with E-state index in [1.165, 1.54) is 11.8 Å². The normalized spacial score (nSPS) is 24.9. The summed E-state index contributed by atoms with van der Waals surface area (Å²) in [4.78, 5) is 18.8. The van der Waals surface area contributed by atoms with Gasteiger partial charge in [0.2, 0.25) is 0 Å². The van der Waals surface area contributed by atoms with E-state index in [-0.39, 0.29) is 28.7 Å². The average molecular weight is 421 g/mol. The van der Waals surface area contributed by atoms with Crippen LogP contribution in [0.4, 0.5) is 0 Å². The van der Waals surface area contributed by atoms with Crippen LogP contribution in [-0.2, 0) is 16.4 Å². The molecule has 8 heteroatoms. The number of aliphatic imine (C=N–C) groups is 1. The molecule has 2 aromatic rings. The van der Waals surface area contributed by atoms with Crippen LogP contribution in [0.1, 0.15) is 15.9 Å². The van der Waals surface area contributed by atoms with Crippen molar-refractivity contribution in [3.05, 3.63) is 70.7 Å². The minimum absolute atomic E-state index is 0.0929. The Bertz CT molecular complexity index is 991. The highest BCUT2D eigenvalue weighted by atomic mass is 35.5. The van der Waals surface area contributed by atoms with Crippen molar-refractivity contribution in [3.8, 4) is 0 Å². The molecule has 5 nitrogen and oxygen atoms in total. The summed E-state index contributed by atoms with van der Waals surface area (Å²) in [5.41, 5.74) is 1.51. The first-order chi connectivity index (χ1) is 12.9. The zero-order chi connectivity index (χ0) is 19.0. The van der Waals surface area contributed by atoms with E-state index in [0.29, 0.717) is 22.3 Å². The van der Waals surface area contributed by atoms with E-state index in [9.17, 15) is 13.2 Å². The maximum atomic E-state index is 12.5. The molecule has 0 unspecified atom stereocenters. The summed E-state index contributed by atoms with van der Waals surface area (Å²) in [5, 5.41) is 1.14. The Kier molecular flexibility index (Phi) is 5.01. The quantitative estimate of drug-likeness (QED) is 0.762. The summed E-state index contributed by atoms with van der Waals surface area (Å²) in [6, 6.07) is 16.1. The van der Waals surface area contributed by atoms with E-state index in [4.69, 9.17) is 11.6 Å². The predicted octanol–water partition coefficient (Wildman–Crippen LogP) is 3.25. The molecular weight excluding hydrogens is 404 g/mol. The van der Waals surface area contributed by atoms with Gasteiger partial charge in [-0.1, -0.05) is 53.7 Å². The standard InChI is InChI=1S/C19H17ClN2O3S2/c20-15-8-6-13(7-9-15)10-22-16-11-27(24,25)12-17(16)26-19(22)21-18(23)14-4-2-1-3-5-14/h1-9,16-17H,10-12H2/t16-,17+/m0/s1. The SMILES string of the molecule is O=C(N=C1S[C@@H]2CS(=O)(=O)C[C@@H]2N1Cc1ccc(Cl)cc1)c1ccccc1. The second-order valence-corrected chi connectivity index (χ2v) is 10.4. The fraction of sp³-hybridized carbons (Fsp3) is 0.263. The van der Waals surface area contributed by atoms with Gasteiger partial charge in [0, 0.05) is 22.4 Å². The van der Waals surface area contributed by atoms with Gasteiger partial charge in [0.15, 0.2) is 15.0 Å². The molecule has 2 aliphatic rings. The second kappa shape index (κ2) is 7.30. The predicted molar refractivity (Wildman–Crippen MR) is 109 cm³/mol. The molecule has 4 rings (SSSR count). The molecule has 0 spiro atoms. The summed E-state index contributed by atoms with van der Waals surface area (Å²) in [7, 11) is -3.07. The van der Waals surface area contributed by atoms with Crippen molar-refractivity contribution in [1.82, 2.24) is 4.90 Å². The van der Waals surface area contributed by atoms with Gasteiger partial charge in [-0.25, -0.2) is 8.42 Å². The van der Waals surface area contributed by atoms with Gasteiger partial charge in [-0.05, 0) is 29.8 Å². The van der Waals surface area contributed by atoms with Gasteiger partial charge < -0.3 is 4.90 Å². The Morgan fingerprint density at radius 2 is 1.81 bits per heavy atom. The first kappa shape index (κ1) is 18.5. The molecule has 2 saturated heterocycles. The molecule has 0 saturated carbocycles. The Morgan fingerprint density at radius 1 is 1.11 bits per heavy atom. The number of amides is 1. The van der Waals surface area contributed by atoms with Crippen molar-refractivity contribution in [3.63, 3.8) is 0 Å². The Balaban J connectivity index is 1.64. The number of rotatable bonds is 3. The molecule has 2 heterocycles. The van der Waals surface area contributed by atoms with Gasteiger partial charge in [-0.3, -0.25) is 4.79 Å². The topological polar surface area (TPSA) is 66.8 Å². The molecular formula is C19H17ClN2O3S2. The lowest BCUT2D eigenvalue weighted by Crippen LogP contribution is -2.37. The summed E-state index contributed by atoms with van der Waals surface area (Å²) in [6.45, 7) is 0.488. The molecule has 2 aromatic carbocycles. The molecule has 27 heavy (non-hydrogen) atoms. The fourth-order valence-electron chi connectivity index (χ4n) is 3.34. The minimum atomic E-state index is -3.07. The highest BCUT2D eigenvalue weighted by Crippen LogP contribution is 2.39. The van der Waals surface area contributed by atoms with Crippen LogP contribution >= 0.6 is 23.4 Å². The molecule has 0 radical (unpaired) electrons. The van der Waals surface area contributed by atoms with Crippen molar-refractivity contribution in [1.29, 1.82) is 0 Å². The highest BCUT2D eigenvalue weighted by Gasteiger charge is 2.48. The molecule has 0 N–H and O–H groups in total. The number of thioether (sulfide) groups is 1. The van der Waals surface area contributed by atoms with Crippen molar-refractivity contribution in [2.24, 2.45) is 4.99 Å². The summed E-state index contributed by atoms with van der Waals surface area (Å²) in [6.07, 6.45) is 0. The van der Waals surface area contributed by atoms with Gasteiger partial charge in [-0.2, -0.15) is 4.99 Å². The van der Waals surface area contributed by atoms with Crippen LogP contribution < -0.4 is 0 Å². The molecule has 2 fully saturated rings. The number of halogens is 1. The highest BCUT2D eigenvalue weighted by molar-refractivity contribution is 8.15. The number of sulfone groups is 1. The lowest BCUT2D eigenvalue weighted by molar-refractivity contribution is 0.100. The molecule has 140 valence electrons. The molecule has 0 bridgehead atoms. The first-order valence-corrected chi connectivity index (χ1v) is 11.6. The number of hydrogen-bond acceptors (Lipinski definition) is 4. The van der Waals surface area contributed by atoms with Crippen molar-refractivity contribution < 1.29 is 13.2 Å². The third-order valence-electron chi connectivity index (χ3n) is 4.66. The Labute approximate surface area is 167 Å². The van der Waals surface area contributed by atoms with Crippen LogP contribution in [0.3, 0.4) is 0 Å². The zero-order valence-corrected chi connectivity index (χ0v) is 16.7. The number of fused-ring (bicyclic) bond motifs is 1. The van der Waals surface area contributed by atoms with Gasteiger partial charge in [-0.15, -0.1) is 0 Å². The fourth-order valence-corrected chi connectivity index (χ4v) is 7.41. The van der Waals surface area contributed by atoms with Crippen LogP contribution in [0, 0.1) is 0 Å². The number of hydrogen-bond donors (Lipinski definition) is 0. The lowest BCUT2D eigenvalue weighted by atomic mass is 10.1. The van der Waals surface area contributed by atoms with E-state index in [0.717, 1.165) is 5.56 Å². The second-order valence-electron chi connectivity index (χ2n) is 6.62. The Morgan fingerprint density at radius 3 is 2.52 bits per heavy atom. The van der Waals surface area contributed by atoms with Gasteiger partial charge in [0.25, 0.3) is 5.91 Å².